The van der Waals surface area contributed by atoms with Crippen LogP contribution in [0.3, 0.4) is 0 Å². The fourth-order valence-corrected chi connectivity index (χ4v) is 4.87. The summed E-state index contributed by atoms with van der Waals surface area (Å²) in [4.78, 5) is 13.6. The van der Waals surface area contributed by atoms with E-state index >= 15 is 0 Å². The molecular formula is C25H24N2O6. The van der Waals surface area contributed by atoms with Crippen LogP contribution in [0.5, 0.6) is 23.0 Å². The lowest BCUT2D eigenvalue weighted by molar-refractivity contribution is -0.116. The largest absolute Gasteiger partial charge is 0.508 e. The Labute approximate surface area is 190 Å². The predicted octanol–water partition coefficient (Wildman–Crippen LogP) is 4.37. The van der Waals surface area contributed by atoms with Crippen molar-refractivity contribution < 1.29 is 29.0 Å². The number of anilines is 1. The first kappa shape index (κ1) is 20.9. The topological polar surface area (TPSA) is 114 Å². The molecule has 0 spiro atoms. The minimum atomic E-state index is -0.445. The molecule has 33 heavy (non-hydrogen) atoms. The Morgan fingerprint density at radius 3 is 2.33 bits per heavy atom. The van der Waals surface area contributed by atoms with Crippen LogP contribution in [0.25, 0.3) is 0 Å². The van der Waals surface area contributed by atoms with Gasteiger partial charge in [0.1, 0.15) is 5.75 Å². The number of aromatic hydroxyl groups is 2. The highest BCUT2D eigenvalue weighted by molar-refractivity contribution is 6.01. The van der Waals surface area contributed by atoms with Crippen LogP contribution in [0.2, 0.25) is 0 Å². The van der Waals surface area contributed by atoms with Crippen LogP contribution in [-0.2, 0) is 4.79 Å². The molecule has 8 nitrogen and oxygen atoms in total. The maximum absolute atomic E-state index is 13.6. The molecule has 0 radical (unpaired) electrons. The number of nitrogens with zero attached hydrogens (tertiary/aromatic N) is 1. The molecule has 2 aromatic carbocycles. The standard InChI is InChI=1S/C25H24N2O6/c1-12-21-22(15-10-19(31-2)24(30)20(11-15)32-3)23-17(26-25(21)33-27-12)8-14(9-18(23)29)13-4-6-16(28)7-5-13/h4-7,10-11,14,22,26,28,30H,8-9H2,1-3H3/t14-,22+/m1/s1. The van der Waals surface area contributed by atoms with E-state index in [2.05, 4.69) is 10.5 Å². The van der Waals surface area contributed by atoms with E-state index in [1.165, 1.54) is 14.2 Å². The van der Waals surface area contributed by atoms with Gasteiger partial charge in [0.15, 0.2) is 17.3 Å². The lowest BCUT2D eigenvalue weighted by Crippen LogP contribution is -2.29. The maximum atomic E-state index is 13.6. The molecule has 0 saturated carbocycles. The Kier molecular flexibility index (Phi) is 5.00. The third-order valence-electron chi connectivity index (χ3n) is 6.46. The monoisotopic (exact) mass is 448 g/mol. The number of fused-ring (bicyclic) bond motifs is 1. The van der Waals surface area contributed by atoms with E-state index in [0.29, 0.717) is 30.0 Å². The summed E-state index contributed by atoms with van der Waals surface area (Å²) in [7, 11) is 2.94. The van der Waals surface area contributed by atoms with Crippen LogP contribution < -0.4 is 14.8 Å². The van der Waals surface area contributed by atoms with Crippen molar-refractivity contribution in [3.63, 3.8) is 0 Å². The van der Waals surface area contributed by atoms with Crippen LogP contribution in [0, 0.1) is 6.92 Å². The number of phenols is 2. The summed E-state index contributed by atoms with van der Waals surface area (Å²) in [5.41, 5.74) is 4.61. The minimum Gasteiger partial charge on any atom is -0.508 e. The smallest absolute Gasteiger partial charge is 0.233 e. The van der Waals surface area contributed by atoms with Gasteiger partial charge < -0.3 is 29.5 Å². The molecule has 0 amide bonds. The fraction of sp³-hybridized carbons (Fsp3) is 0.280. The molecule has 2 atom stereocenters. The summed E-state index contributed by atoms with van der Waals surface area (Å²) in [5, 5.41) is 27.5. The summed E-state index contributed by atoms with van der Waals surface area (Å²) in [6.45, 7) is 1.84. The van der Waals surface area contributed by atoms with Gasteiger partial charge in [0.2, 0.25) is 11.6 Å². The second kappa shape index (κ2) is 7.88. The number of allylic oxidation sites excluding steroid dienone is 2. The molecule has 0 unspecified atom stereocenters. The van der Waals surface area contributed by atoms with Gasteiger partial charge in [0.05, 0.1) is 25.5 Å². The fourth-order valence-electron chi connectivity index (χ4n) is 4.87. The van der Waals surface area contributed by atoms with E-state index < -0.39 is 5.92 Å². The molecule has 3 N–H and O–H groups in total. The SMILES string of the molecule is COc1cc([C@@H]2C3=C(C[C@@H](c4ccc(O)cc4)CC3=O)Nc3onc(C)c32)cc(OC)c1O. The predicted molar refractivity (Wildman–Crippen MR) is 120 cm³/mol. The van der Waals surface area contributed by atoms with Crippen molar-refractivity contribution in [3.05, 3.63) is 70.1 Å². The molecule has 1 aliphatic heterocycles. The quantitative estimate of drug-likeness (QED) is 0.539. The van der Waals surface area contributed by atoms with Crippen molar-refractivity contribution in [1.82, 2.24) is 5.16 Å². The number of aromatic nitrogens is 1. The first-order valence-corrected chi connectivity index (χ1v) is 10.6. The first-order chi connectivity index (χ1) is 15.9. The zero-order chi connectivity index (χ0) is 23.3. The highest BCUT2D eigenvalue weighted by Crippen LogP contribution is 2.51. The molecule has 1 aromatic heterocycles. The molecule has 0 saturated heterocycles. The van der Waals surface area contributed by atoms with E-state index in [1.807, 2.05) is 19.1 Å². The number of methoxy groups -OCH3 is 2. The molecule has 2 aliphatic rings. The van der Waals surface area contributed by atoms with Crippen LogP contribution in [-0.4, -0.2) is 35.4 Å². The zero-order valence-electron chi connectivity index (χ0n) is 18.5. The molecule has 0 fully saturated rings. The summed E-state index contributed by atoms with van der Waals surface area (Å²) in [6, 6.07) is 10.4. The number of hydrogen-bond donors (Lipinski definition) is 3. The van der Waals surface area contributed by atoms with E-state index in [0.717, 1.165) is 22.4 Å². The lowest BCUT2D eigenvalue weighted by Gasteiger charge is -2.34. The second-order valence-corrected chi connectivity index (χ2v) is 8.35. The third kappa shape index (κ3) is 3.38. The number of rotatable bonds is 4. The van der Waals surface area contributed by atoms with Crippen LogP contribution >= 0.6 is 0 Å². The summed E-state index contributed by atoms with van der Waals surface area (Å²) < 4.78 is 16.3. The Morgan fingerprint density at radius 1 is 1.03 bits per heavy atom. The van der Waals surface area contributed by atoms with Crippen LogP contribution in [0.15, 0.2) is 52.2 Å². The Hall–Kier alpha value is -3.94. The maximum Gasteiger partial charge on any atom is 0.233 e. The molecular weight excluding hydrogens is 424 g/mol. The molecule has 1 aliphatic carbocycles. The first-order valence-electron chi connectivity index (χ1n) is 10.6. The number of phenolic OH excluding ortho intramolecular Hbond substituents is 2. The highest BCUT2D eigenvalue weighted by Gasteiger charge is 2.41. The van der Waals surface area contributed by atoms with Crippen molar-refractivity contribution in [2.24, 2.45) is 0 Å². The number of Topliss-reactive ketones (excluding diaryl/α,β-unsaturated/α-hetero) is 1. The van der Waals surface area contributed by atoms with Gasteiger partial charge in [0, 0.05) is 23.6 Å². The Balaban J connectivity index is 1.65. The Bertz CT molecular complexity index is 1250. The molecule has 170 valence electrons. The molecule has 0 bridgehead atoms. The second-order valence-electron chi connectivity index (χ2n) is 8.35. The van der Waals surface area contributed by atoms with Gasteiger partial charge in [-0.2, -0.15) is 0 Å². The number of carbonyl (C=O) groups is 1. The van der Waals surface area contributed by atoms with Gasteiger partial charge in [-0.05, 0) is 54.7 Å². The van der Waals surface area contributed by atoms with E-state index in [1.54, 1.807) is 24.3 Å². The van der Waals surface area contributed by atoms with Gasteiger partial charge in [-0.15, -0.1) is 0 Å². The van der Waals surface area contributed by atoms with E-state index in [9.17, 15) is 15.0 Å². The Morgan fingerprint density at radius 2 is 1.70 bits per heavy atom. The van der Waals surface area contributed by atoms with Gasteiger partial charge in [-0.1, -0.05) is 17.3 Å². The van der Waals surface area contributed by atoms with Crippen LogP contribution in [0.1, 0.15) is 47.1 Å². The van der Waals surface area contributed by atoms with Crippen molar-refractivity contribution in [2.45, 2.75) is 31.6 Å². The van der Waals surface area contributed by atoms with Crippen molar-refractivity contribution in [1.29, 1.82) is 0 Å². The van der Waals surface area contributed by atoms with E-state index in [-0.39, 0.29) is 34.7 Å². The number of ether oxygens (including phenoxy) is 2. The molecule has 5 rings (SSSR count). The van der Waals surface area contributed by atoms with Gasteiger partial charge >= 0.3 is 0 Å². The van der Waals surface area contributed by atoms with Gasteiger partial charge in [-0.25, -0.2) is 0 Å². The summed E-state index contributed by atoms with van der Waals surface area (Å²) in [6.07, 6.45) is 0.946. The molecule has 3 aromatic rings. The lowest BCUT2D eigenvalue weighted by atomic mass is 9.72. The normalized spacial score (nSPS) is 19.5. The minimum absolute atomic E-state index is 0.0177. The third-order valence-corrected chi connectivity index (χ3v) is 6.46. The van der Waals surface area contributed by atoms with Crippen molar-refractivity contribution >= 4 is 11.7 Å². The number of hydrogen-bond acceptors (Lipinski definition) is 8. The van der Waals surface area contributed by atoms with Crippen LogP contribution in [0.4, 0.5) is 5.88 Å². The van der Waals surface area contributed by atoms with Gasteiger partial charge in [-0.3, -0.25) is 4.79 Å². The zero-order valence-corrected chi connectivity index (χ0v) is 18.5. The average molecular weight is 448 g/mol. The summed E-state index contributed by atoms with van der Waals surface area (Å²) >= 11 is 0. The van der Waals surface area contributed by atoms with Crippen molar-refractivity contribution in [3.8, 4) is 23.0 Å². The summed E-state index contributed by atoms with van der Waals surface area (Å²) in [5.74, 6) is 0.645. The number of carbonyl (C=O) groups excluding carboxylic acids is 1. The number of ketones is 1. The molecule has 2 heterocycles. The van der Waals surface area contributed by atoms with Gasteiger partial charge in [0.25, 0.3) is 0 Å². The van der Waals surface area contributed by atoms with Crippen molar-refractivity contribution in [2.75, 3.05) is 19.5 Å². The average Bonchev–Trinajstić information content (AvgIpc) is 3.18. The number of nitrogens with one attached hydrogen (secondary N) is 1. The highest BCUT2D eigenvalue weighted by atomic mass is 16.5. The molecule has 8 heteroatoms. The number of aryl methyl sites for hydroxylation is 1. The number of benzene rings is 2. The van der Waals surface area contributed by atoms with E-state index in [4.69, 9.17) is 14.0 Å².